The molecule has 1 saturated heterocycles. The molecule has 1 aromatic rings. The molecule has 29 heavy (non-hydrogen) atoms. The Morgan fingerprint density at radius 3 is 2.79 bits per heavy atom. The predicted octanol–water partition coefficient (Wildman–Crippen LogP) is 4.53. The molecule has 2 fully saturated rings. The van der Waals surface area contributed by atoms with Crippen LogP contribution < -0.4 is 4.74 Å². The van der Waals surface area contributed by atoms with E-state index in [1.165, 1.54) is 0 Å². The molecule has 1 aliphatic carbocycles. The van der Waals surface area contributed by atoms with E-state index in [4.69, 9.17) is 14.6 Å². The number of carboxylic acid groups (broad SMARTS) is 1. The van der Waals surface area contributed by atoms with E-state index in [0.717, 1.165) is 57.3 Å². The van der Waals surface area contributed by atoms with Crippen LogP contribution in [0, 0.1) is 23.7 Å². The number of para-hydroxylation sites is 1. The number of aliphatic hydroxyl groups is 1. The maximum absolute atomic E-state index is 10.7. The monoisotopic (exact) mass is 404 g/mol. The van der Waals surface area contributed by atoms with Crippen molar-refractivity contribution in [2.24, 2.45) is 23.7 Å². The lowest BCUT2D eigenvalue weighted by Crippen LogP contribution is -2.24. The van der Waals surface area contributed by atoms with Crippen molar-refractivity contribution in [2.75, 3.05) is 13.2 Å². The second kappa shape index (κ2) is 11.0. The molecular weight excluding hydrogens is 368 g/mol. The third kappa shape index (κ3) is 6.71. The van der Waals surface area contributed by atoms with Crippen LogP contribution in [0.15, 0.2) is 30.3 Å². The van der Waals surface area contributed by atoms with Crippen molar-refractivity contribution in [3.63, 3.8) is 0 Å². The first-order valence-corrected chi connectivity index (χ1v) is 11.2. The van der Waals surface area contributed by atoms with Gasteiger partial charge in [-0.3, -0.25) is 4.79 Å². The average Bonchev–Trinajstić information content (AvgIpc) is 2.87. The van der Waals surface area contributed by atoms with Crippen LogP contribution in [0.4, 0.5) is 0 Å². The Bertz CT molecular complexity index is 619. The van der Waals surface area contributed by atoms with Gasteiger partial charge in [0.1, 0.15) is 12.4 Å². The summed E-state index contributed by atoms with van der Waals surface area (Å²) < 4.78 is 12.0. The summed E-state index contributed by atoms with van der Waals surface area (Å²) in [6.45, 7) is 3.43. The Morgan fingerprint density at radius 1 is 1.24 bits per heavy atom. The van der Waals surface area contributed by atoms with E-state index in [-0.39, 0.29) is 6.42 Å². The van der Waals surface area contributed by atoms with Crippen molar-refractivity contribution >= 4 is 5.97 Å². The highest BCUT2D eigenvalue weighted by atomic mass is 16.5. The van der Waals surface area contributed by atoms with Crippen LogP contribution in [0.25, 0.3) is 0 Å². The van der Waals surface area contributed by atoms with Gasteiger partial charge in [0.05, 0.1) is 12.2 Å². The van der Waals surface area contributed by atoms with E-state index in [1.807, 2.05) is 30.3 Å². The number of benzene rings is 1. The SMILES string of the molecule is C[C@@H]1C[C@@H]2OC[C@@H](CCCC(=O)O)CC[C@@H]2[C@H]1CC[C@@H](O)COc1ccccc1. The van der Waals surface area contributed by atoms with E-state index in [9.17, 15) is 9.90 Å². The summed E-state index contributed by atoms with van der Waals surface area (Å²) in [5, 5.41) is 19.2. The van der Waals surface area contributed by atoms with Crippen molar-refractivity contribution in [1.82, 2.24) is 0 Å². The van der Waals surface area contributed by atoms with E-state index >= 15 is 0 Å². The lowest BCUT2D eigenvalue weighted by Gasteiger charge is -2.25. The zero-order valence-electron chi connectivity index (χ0n) is 17.5. The number of carbonyl (C=O) groups is 1. The summed E-state index contributed by atoms with van der Waals surface area (Å²) in [7, 11) is 0. The van der Waals surface area contributed by atoms with Crippen LogP contribution in [0.1, 0.15) is 58.3 Å². The van der Waals surface area contributed by atoms with Crippen molar-refractivity contribution in [3.05, 3.63) is 30.3 Å². The standard InChI is InChI=1S/C24H36O5/c1-17-14-23-22(12-10-18(15-29-23)6-5-9-24(26)27)21(17)13-11-19(25)16-28-20-7-3-2-4-8-20/h2-4,7-8,17-19,21-23,25H,5-6,9-16H2,1H3,(H,26,27)/t17-,18+,19-,21+,22-,23+/m1/s1. The highest BCUT2D eigenvalue weighted by Gasteiger charge is 2.42. The quantitative estimate of drug-likeness (QED) is 0.599. The fraction of sp³-hybridized carbons (Fsp3) is 0.708. The first-order valence-electron chi connectivity index (χ1n) is 11.2. The Morgan fingerprint density at radius 2 is 2.03 bits per heavy atom. The van der Waals surface area contributed by atoms with Crippen molar-refractivity contribution < 1.29 is 24.5 Å². The summed E-state index contributed by atoms with van der Waals surface area (Å²) in [5.74, 6) is 2.35. The Kier molecular flexibility index (Phi) is 8.37. The summed E-state index contributed by atoms with van der Waals surface area (Å²) in [6.07, 6.45) is 6.99. The Hall–Kier alpha value is -1.59. The highest BCUT2D eigenvalue weighted by Crippen LogP contribution is 2.46. The van der Waals surface area contributed by atoms with Gasteiger partial charge in [-0.05, 0) is 80.8 Å². The van der Waals surface area contributed by atoms with E-state index in [1.54, 1.807) is 0 Å². The fourth-order valence-corrected chi connectivity index (χ4v) is 5.22. The number of fused-ring (bicyclic) bond motifs is 1. The summed E-state index contributed by atoms with van der Waals surface area (Å²) >= 11 is 0. The third-order valence-electron chi connectivity index (χ3n) is 6.84. The van der Waals surface area contributed by atoms with E-state index in [0.29, 0.717) is 36.4 Å². The van der Waals surface area contributed by atoms with Crippen LogP contribution in [0.5, 0.6) is 5.75 Å². The second-order valence-electron chi connectivity index (χ2n) is 9.00. The molecule has 0 radical (unpaired) electrons. The van der Waals surface area contributed by atoms with Crippen molar-refractivity contribution in [3.8, 4) is 5.75 Å². The fourth-order valence-electron chi connectivity index (χ4n) is 5.22. The number of hydrogen-bond donors (Lipinski definition) is 2. The van der Waals surface area contributed by atoms with Gasteiger partial charge in [-0.2, -0.15) is 0 Å². The Labute approximate surface area is 174 Å². The zero-order valence-corrected chi connectivity index (χ0v) is 17.5. The molecule has 162 valence electrons. The molecule has 1 heterocycles. The molecule has 0 unspecified atom stereocenters. The molecule has 5 nitrogen and oxygen atoms in total. The normalized spacial score (nSPS) is 30.3. The molecule has 1 aliphatic heterocycles. The average molecular weight is 405 g/mol. The molecule has 0 amide bonds. The lowest BCUT2D eigenvalue weighted by molar-refractivity contribution is -0.137. The van der Waals surface area contributed by atoms with Gasteiger partial charge in [0.25, 0.3) is 0 Å². The van der Waals surface area contributed by atoms with Crippen LogP contribution >= 0.6 is 0 Å². The molecular formula is C24H36O5. The van der Waals surface area contributed by atoms with Crippen molar-refractivity contribution in [2.45, 2.75) is 70.5 Å². The van der Waals surface area contributed by atoms with Crippen molar-refractivity contribution in [1.29, 1.82) is 0 Å². The number of aliphatic hydroxyl groups excluding tert-OH is 1. The molecule has 2 N–H and O–H groups in total. The first kappa shape index (κ1) is 22.1. The summed E-state index contributed by atoms with van der Waals surface area (Å²) in [5.41, 5.74) is 0. The van der Waals surface area contributed by atoms with Crippen LogP contribution in [0.2, 0.25) is 0 Å². The molecule has 0 bridgehead atoms. The second-order valence-corrected chi connectivity index (χ2v) is 9.00. The smallest absolute Gasteiger partial charge is 0.303 e. The molecule has 2 aliphatic rings. The van der Waals surface area contributed by atoms with Gasteiger partial charge >= 0.3 is 5.97 Å². The largest absolute Gasteiger partial charge is 0.491 e. The molecule has 1 aromatic carbocycles. The lowest BCUT2D eigenvalue weighted by atomic mass is 9.81. The van der Waals surface area contributed by atoms with Gasteiger partial charge in [-0.1, -0.05) is 25.1 Å². The molecule has 3 rings (SSSR count). The minimum absolute atomic E-state index is 0.256. The summed E-state index contributed by atoms with van der Waals surface area (Å²) in [6, 6.07) is 9.64. The number of carboxylic acids is 1. The van der Waals surface area contributed by atoms with E-state index < -0.39 is 12.1 Å². The van der Waals surface area contributed by atoms with Crippen LogP contribution in [-0.4, -0.2) is 41.6 Å². The van der Waals surface area contributed by atoms with Gasteiger partial charge < -0.3 is 19.7 Å². The Balaban J connectivity index is 1.43. The third-order valence-corrected chi connectivity index (χ3v) is 6.84. The van der Waals surface area contributed by atoms with Gasteiger partial charge in [0, 0.05) is 13.0 Å². The predicted molar refractivity (Wildman–Crippen MR) is 112 cm³/mol. The number of rotatable bonds is 10. The number of aliphatic carboxylic acids is 1. The van der Waals surface area contributed by atoms with Gasteiger partial charge in [0.2, 0.25) is 0 Å². The molecule has 1 saturated carbocycles. The summed E-state index contributed by atoms with van der Waals surface area (Å²) in [4.78, 5) is 10.7. The van der Waals surface area contributed by atoms with Crippen LogP contribution in [0.3, 0.4) is 0 Å². The molecule has 5 heteroatoms. The molecule has 6 atom stereocenters. The highest BCUT2D eigenvalue weighted by molar-refractivity contribution is 5.66. The maximum atomic E-state index is 10.7. The minimum atomic E-state index is -0.708. The first-order chi connectivity index (χ1) is 14.0. The number of ether oxygens (including phenoxy) is 2. The molecule has 0 spiro atoms. The van der Waals surface area contributed by atoms with Gasteiger partial charge in [-0.15, -0.1) is 0 Å². The van der Waals surface area contributed by atoms with E-state index in [2.05, 4.69) is 6.92 Å². The zero-order chi connectivity index (χ0) is 20.6. The number of hydrogen-bond acceptors (Lipinski definition) is 4. The topological polar surface area (TPSA) is 76.0 Å². The van der Waals surface area contributed by atoms with Gasteiger partial charge in [0.15, 0.2) is 0 Å². The minimum Gasteiger partial charge on any atom is -0.491 e. The molecule has 0 aromatic heterocycles. The maximum Gasteiger partial charge on any atom is 0.303 e. The van der Waals surface area contributed by atoms with Crippen LogP contribution in [-0.2, 0) is 9.53 Å². The van der Waals surface area contributed by atoms with Gasteiger partial charge in [-0.25, -0.2) is 0 Å².